The van der Waals surface area contributed by atoms with Crippen molar-refractivity contribution in [2.75, 3.05) is 33.3 Å². The number of carbonyl (C=O) groups excluding carboxylic acids is 3. The summed E-state index contributed by atoms with van der Waals surface area (Å²) in [6.07, 6.45) is 10.4. The lowest BCUT2D eigenvalue weighted by Gasteiger charge is -2.38. The fourth-order valence-electron chi connectivity index (χ4n) is 6.11. The molecule has 2 saturated heterocycles. The molecule has 0 aromatic carbocycles. The lowest BCUT2D eigenvalue weighted by Crippen LogP contribution is -2.55. The number of nitrogens with zero attached hydrogens (tertiary/aromatic N) is 3. The average molecular weight is 462 g/mol. The van der Waals surface area contributed by atoms with Gasteiger partial charge in [0.1, 0.15) is 6.04 Å². The van der Waals surface area contributed by atoms with Gasteiger partial charge in [-0.15, -0.1) is 11.8 Å². The van der Waals surface area contributed by atoms with E-state index in [-0.39, 0.29) is 30.4 Å². The third-order valence-electron chi connectivity index (χ3n) is 7.59. The van der Waals surface area contributed by atoms with E-state index in [2.05, 4.69) is 26.0 Å². The van der Waals surface area contributed by atoms with Gasteiger partial charge in [0.15, 0.2) is 0 Å². The smallest absolute Gasteiger partial charge is 0.247 e. The van der Waals surface area contributed by atoms with Crippen molar-refractivity contribution >= 4 is 29.5 Å². The molecule has 32 heavy (non-hydrogen) atoms. The number of hydrogen-bond acceptors (Lipinski definition) is 5. The van der Waals surface area contributed by atoms with E-state index in [9.17, 15) is 19.5 Å². The standard InChI is InChI=1S/C24H35N3O4S/c1-5-9-16(2)26-13-7-11-24-18(21(30)27(14-8-15-28)19(24)22(26)31)17-20(29)25(4)12-6-10-23(17,3)32-24/h6-7,10-11,16-19,28H,5,8-9,12-15H2,1-4H3/t16?,17-,18-,19?,23+,24-/m0/s1. The second-order valence-electron chi connectivity index (χ2n) is 9.76. The predicted molar refractivity (Wildman–Crippen MR) is 125 cm³/mol. The molecular formula is C24H35N3O4S. The third-order valence-corrected chi connectivity index (χ3v) is 9.38. The van der Waals surface area contributed by atoms with E-state index in [1.165, 1.54) is 0 Å². The van der Waals surface area contributed by atoms with Gasteiger partial charge in [-0.25, -0.2) is 0 Å². The largest absolute Gasteiger partial charge is 0.396 e. The number of aliphatic hydroxyl groups is 1. The zero-order chi connectivity index (χ0) is 23.3. The summed E-state index contributed by atoms with van der Waals surface area (Å²) in [5, 5.41) is 9.46. The lowest BCUT2D eigenvalue weighted by molar-refractivity contribution is -0.145. The summed E-state index contributed by atoms with van der Waals surface area (Å²) < 4.78 is -1.35. The highest BCUT2D eigenvalue weighted by Crippen LogP contribution is 2.65. The molecule has 4 heterocycles. The molecule has 0 radical (unpaired) electrons. The van der Waals surface area contributed by atoms with Crippen LogP contribution in [0.25, 0.3) is 0 Å². The molecule has 2 fully saturated rings. The predicted octanol–water partition coefficient (Wildman–Crippen LogP) is 1.67. The Kier molecular flexibility index (Phi) is 6.22. The van der Waals surface area contributed by atoms with Crippen LogP contribution in [0.3, 0.4) is 0 Å². The first-order valence-electron chi connectivity index (χ1n) is 11.7. The third kappa shape index (κ3) is 3.33. The summed E-state index contributed by atoms with van der Waals surface area (Å²) in [4.78, 5) is 46.7. The number of fused-ring (bicyclic) bond motifs is 2. The number of aliphatic hydroxyl groups excluding tert-OH is 1. The molecule has 1 N–H and O–H groups in total. The molecule has 0 aliphatic carbocycles. The average Bonchev–Trinajstić information content (AvgIpc) is 3.01. The molecule has 7 nitrogen and oxygen atoms in total. The Morgan fingerprint density at radius 1 is 1.12 bits per heavy atom. The maximum atomic E-state index is 14.0. The fourth-order valence-corrected chi connectivity index (χ4v) is 8.27. The van der Waals surface area contributed by atoms with Crippen molar-refractivity contribution in [2.45, 2.75) is 61.6 Å². The van der Waals surface area contributed by atoms with Crippen LogP contribution in [-0.2, 0) is 14.4 Å². The van der Waals surface area contributed by atoms with Crippen LogP contribution in [0.1, 0.15) is 40.0 Å². The van der Waals surface area contributed by atoms with Crippen LogP contribution in [0, 0.1) is 11.8 Å². The van der Waals surface area contributed by atoms with Crippen LogP contribution in [0.5, 0.6) is 0 Å². The quantitative estimate of drug-likeness (QED) is 0.609. The van der Waals surface area contributed by atoms with Crippen molar-refractivity contribution in [3.8, 4) is 0 Å². The number of thioether (sulfide) groups is 1. The van der Waals surface area contributed by atoms with Crippen LogP contribution in [0.15, 0.2) is 24.3 Å². The minimum Gasteiger partial charge on any atom is -0.396 e. The number of likely N-dealkylation sites (N-methyl/N-ethyl adjacent to an activating group) is 1. The van der Waals surface area contributed by atoms with E-state index < -0.39 is 27.4 Å². The molecule has 4 aliphatic heterocycles. The number of rotatable bonds is 6. The first-order valence-corrected chi connectivity index (χ1v) is 12.6. The molecule has 0 aromatic rings. The fraction of sp³-hybridized carbons (Fsp3) is 0.708. The first-order chi connectivity index (χ1) is 15.2. The number of carbonyl (C=O) groups is 3. The molecule has 0 bridgehead atoms. The molecule has 6 atom stereocenters. The summed E-state index contributed by atoms with van der Waals surface area (Å²) in [6, 6.07) is -0.592. The van der Waals surface area contributed by atoms with Gasteiger partial charge in [0.2, 0.25) is 17.7 Å². The van der Waals surface area contributed by atoms with Gasteiger partial charge in [0, 0.05) is 44.1 Å². The molecule has 3 amide bonds. The Bertz CT molecular complexity index is 860. The van der Waals surface area contributed by atoms with Gasteiger partial charge in [-0.05, 0) is 26.7 Å². The SMILES string of the molecule is CCCC(C)N1CC=C[C@]23S[C@]4(C)C=CCN(C)C(=O)[C@@H]4[C@H]2C(=O)N(CCCO)C3C1=O. The van der Waals surface area contributed by atoms with Gasteiger partial charge in [-0.2, -0.15) is 0 Å². The molecule has 4 rings (SSSR count). The highest BCUT2D eigenvalue weighted by Gasteiger charge is 2.73. The van der Waals surface area contributed by atoms with Gasteiger partial charge in [0.25, 0.3) is 0 Å². The molecule has 1 spiro atoms. The van der Waals surface area contributed by atoms with Crippen molar-refractivity contribution in [1.29, 1.82) is 0 Å². The van der Waals surface area contributed by atoms with Crippen molar-refractivity contribution < 1.29 is 19.5 Å². The van der Waals surface area contributed by atoms with E-state index in [4.69, 9.17) is 0 Å². The second-order valence-corrected chi connectivity index (χ2v) is 11.5. The summed E-state index contributed by atoms with van der Waals surface area (Å²) in [6.45, 7) is 7.51. The Hall–Kier alpha value is -1.80. The highest BCUT2D eigenvalue weighted by atomic mass is 32.2. The minimum atomic E-state index is -0.790. The maximum absolute atomic E-state index is 14.0. The number of likely N-dealkylation sites (tertiary alicyclic amines) is 1. The summed E-state index contributed by atoms with van der Waals surface area (Å²) in [5.41, 5.74) is 0. The van der Waals surface area contributed by atoms with Crippen LogP contribution < -0.4 is 0 Å². The van der Waals surface area contributed by atoms with E-state index in [1.54, 1.807) is 28.6 Å². The molecular weight excluding hydrogens is 426 g/mol. The molecule has 0 saturated carbocycles. The van der Waals surface area contributed by atoms with E-state index in [0.717, 1.165) is 12.8 Å². The summed E-state index contributed by atoms with van der Waals surface area (Å²) >= 11 is 1.61. The Morgan fingerprint density at radius 2 is 1.84 bits per heavy atom. The van der Waals surface area contributed by atoms with E-state index in [1.807, 2.05) is 24.0 Å². The molecule has 0 aromatic heterocycles. The van der Waals surface area contributed by atoms with Crippen LogP contribution in [-0.4, -0.2) is 92.4 Å². The number of hydrogen-bond donors (Lipinski definition) is 1. The van der Waals surface area contributed by atoms with E-state index in [0.29, 0.717) is 26.1 Å². The van der Waals surface area contributed by atoms with Gasteiger partial charge in [-0.1, -0.05) is 37.6 Å². The molecule has 2 unspecified atom stereocenters. The minimum absolute atomic E-state index is 0.0377. The molecule has 176 valence electrons. The lowest BCUT2D eigenvalue weighted by atomic mass is 9.74. The van der Waals surface area contributed by atoms with Gasteiger partial charge in [-0.3, -0.25) is 14.4 Å². The number of amides is 3. The Balaban J connectivity index is 1.84. The van der Waals surface area contributed by atoms with Crippen molar-refractivity contribution in [2.24, 2.45) is 11.8 Å². The zero-order valence-corrected chi connectivity index (χ0v) is 20.3. The van der Waals surface area contributed by atoms with Crippen LogP contribution in [0.2, 0.25) is 0 Å². The van der Waals surface area contributed by atoms with Crippen LogP contribution in [0.4, 0.5) is 0 Å². The Morgan fingerprint density at radius 3 is 2.53 bits per heavy atom. The normalized spacial score (nSPS) is 37.3. The zero-order valence-electron chi connectivity index (χ0n) is 19.5. The topological polar surface area (TPSA) is 81.2 Å². The second kappa shape index (κ2) is 8.52. The highest BCUT2D eigenvalue weighted by molar-refractivity contribution is 8.02. The summed E-state index contributed by atoms with van der Waals surface area (Å²) in [7, 11) is 1.77. The Labute approximate surface area is 194 Å². The van der Waals surface area contributed by atoms with Crippen molar-refractivity contribution in [3.63, 3.8) is 0 Å². The van der Waals surface area contributed by atoms with Gasteiger partial charge < -0.3 is 19.8 Å². The molecule has 4 aliphatic rings. The first kappa shape index (κ1) is 23.4. The monoisotopic (exact) mass is 461 g/mol. The maximum Gasteiger partial charge on any atom is 0.247 e. The van der Waals surface area contributed by atoms with Gasteiger partial charge in [0.05, 0.1) is 16.6 Å². The summed E-state index contributed by atoms with van der Waals surface area (Å²) in [5.74, 6) is -1.33. The van der Waals surface area contributed by atoms with Crippen molar-refractivity contribution in [1.82, 2.24) is 14.7 Å². The molecule has 8 heteroatoms. The van der Waals surface area contributed by atoms with Gasteiger partial charge >= 0.3 is 0 Å². The van der Waals surface area contributed by atoms with Crippen molar-refractivity contribution in [3.05, 3.63) is 24.3 Å². The van der Waals surface area contributed by atoms with Crippen LogP contribution >= 0.6 is 11.8 Å². The van der Waals surface area contributed by atoms with E-state index >= 15 is 0 Å².